The second-order valence-corrected chi connectivity index (χ2v) is 5.80. The van der Waals surface area contributed by atoms with Crippen LogP contribution >= 0.6 is 11.8 Å². The average molecular weight is 308 g/mol. The highest BCUT2D eigenvalue weighted by Crippen LogP contribution is 2.28. The van der Waals surface area contributed by atoms with Crippen LogP contribution in [0, 0.1) is 25.2 Å². The summed E-state index contributed by atoms with van der Waals surface area (Å²) in [4.78, 5) is 4.17. The Bertz CT molecular complexity index is 846. The van der Waals surface area contributed by atoms with E-state index in [4.69, 9.17) is 9.68 Å². The van der Waals surface area contributed by atoms with E-state index in [0.29, 0.717) is 21.8 Å². The molecule has 0 unspecified atom stereocenters. The van der Waals surface area contributed by atoms with Gasteiger partial charge in [-0.05, 0) is 49.9 Å². The van der Waals surface area contributed by atoms with Gasteiger partial charge in [0, 0.05) is 5.56 Å². The maximum atomic E-state index is 8.86. The minimum Gasteiger partial charge on any atom is -0.411 e. The monoisotopic (exact) mass is 308 g/mol. The van der Waals surface area contributed by atoms with Crippen LogP contribution in [0.5, 0.6) is 0 Å². The molecule has 2 aromatic heterocycles. The number of rotatable bonds is 3. The molecule has 22 heavy (non-hydrogen) atoms. The van der Waals surface area contributed by atoms with Crippen molar-refractivity contribution in [1.82, 2.24) is 15.2 Å². The Labute approximate surface area is 132 Å². The summed E-state index contributed by atoms with van der Waals surface area (Å²) in [5.74, 6) is 0.478. The predicted octanol–water partition coefficient (Wildman–Crippen LogP) is 3.77. The molecule has 0 atom stereocenters. The summed E-state index contributed by atoms with van der Waals surface area (Å²) in [6.07, 6.45) is 0. The van der Waals surface area contributed by atoms with Crippen molar-refractivity contribution in [2.24, 2.45) is 0 Å². The number of nitriles is 1. The predicted molar refractivity (Wildman–Crippen MR) is 82.3 cm³/mol. The molecule has 0 N–H and O–H groups in total. The van der Waals surface area contributed by atoms with E-state index >= 15 is 0 Å². The minimum atomic E-state index is 0.360. The van der Waals surface area contributed by atoms with Crippen LogP contribution in [-0.2, 0) is 0 Å². The van der Waals surface area contributed by atoms with Gasteiger partial charge in [0.15, 0.2) is 0 Å². The van der Waals surface area contributed by atoms with Gasteiger partial charge in [0.2, 0.25) is 5.89 Å². The van der Waals surface area contributed by atoms with Crippen LogP contribution in [-0.4, -0.2) is 15.2 Å². The summed E-state index contributed by atoms with van der Waals surface area (Å²) in [7, 11) is 0. The van der Waals surface area contributed by atoms with Crippen LogP contribution in [0.25, 0.3) is 11.5 Å². The molecule has 3 aromatic rings. The molecule has 0 aliphatic carbocycles. The number of hydrogen-bond acceptors (Lipinski definition) is 6. The molecule has 0 aliphatic heterocycles. The lowest BCUT2D eigenvalue weighted by Crippen LogP contribution is -1.84. The van der Waals surface area contributed by atoms with Crippen molar-refractivity contribution in [2.75, 3.05) is 0 Å². The smallest absolute Gasteiger partial charge is 0.283 e. The molecule has 0 aliphatic rings. The van der Waals surface area contributed by atoms with Crippen molar-refractivity contribution >= 4 is 11.8 Å². The van der Waals surface area contributed by atoms with E-state index in [0.717, 1.165) is 16.7 Å². The van der Waals surface area contributed by atoms with Crippen LogP contribution in [0.2, 0.25) is 0 Å². The quantitative estimate of drug-likeness (QED) is 0.733. The molecular weight excluding hydrogens is 296 g/mol. The molecular formula is C16H12N4OS. The SMILES string of the molecule is Cc1cc(C)cc(-c2nnc(Sc3cccc(C#N)n3)o2)c1. The van der Waals surface area contributed by atoms with Crippen molar-refractivity contribution < 1.29 is 4.42 Å². The highest BCUT2D eigenvalue weighted by atomic mass is 32.2. The first kappa shape index (κ1) is 14.3. The molecule has 3 rings (SSSR count). The van der Waals surface area contributed by atoms with E-state index in [1.54, 1.807) is 18.2 Å². The molecule has 0 radical (unpaired) electrons. The van der Waals surface area contributed by atoms with E-state index in [9.17, 15) is 0 Å². The third-order valence-corrected chi connectivity index (χ3v) is 3.68. The zero-order chi connectivity index (χ0) is 15.5. The molecule has 0 amide bonds. The summed E-state index contributed by atoms with van der Waals surface area (Å²) in [5, 5.41) is 18.0. The highest BCUT2D eigenvalue weighted by Gasteiger charge is 2.11. The fraction of sp³-hybridized carbons (Fsp3) is 0.125. The van der Waals surface area contributed by atoms with E-state index in [1.165, 1.54) is 11.8 Å². The van der Waals surface area contributed by atoms with Crippen LogP contribution in [0.1, 0.15) is 16.8 Å². The van der Waals surface area contributed by atoms with E-state index in [-0.39, 0.29) is 0 Å². The number of pyridine rings is 1. The van der Waals surface area contributed by atoms with Gasteiger partial charge in [-0.15, -0.1) is 10.2 Å². The summed E-state index contributed by atoms with van der Waals surface area (Å²) in [5.41, 5.74) is 3.55. The van der Waals surface area contributed by atoms with Gasteiger partial charge in [-0.3, -0.25) is 0 Å². The molecule has 0 saturated carbocycles. The maximum absolute atomic E-state index is 8.86. The van der Waals surface area contributed by atoms with Crippen molar-refractivity contribution in [3.8, 4) is 17.5 Å². The molecule has 6 heteroatoms. The normalized spacial score (nSPS) is 10.4. The summed E-state index contributed by atoms with van der Waals surface area (Å²) in [6.45, 7) is 4.06. The van der Waals surface area contributed by atoms with E-state index < -0.39 is 0 Å². The first-order valence-electron chi connectivity index (χ1n) is 6.61. The van der Waals surface area contributed by atoms with Gasteiger partial charge in [-0.25, -0.2) is 4.98 Å². The average Bonchev–Trinajstić information content (AvgIpc) is 2.95. The Morgan fingerprint density at radius 3 is 2.59 bits per heavy atom. The second kappa shape index (κ2) is 6.00. The largest absolute Gasteiger partial charge is 0.411 e. The van der Waals surface area contributed by atoms with Gasteiger partial charge in [-0.1, -0.05) is 23.3 Å². The zero-order valence-corrected chi connectivity index (χ0v) is 12.9. The van der Waals surface area contributed by atoms with Crippen LogP contribution < -0.4 is 0 Å². The van der Waals surface area contributed by atoms with Gasteiger partial charge < -0.3 is 4.42 Å². The lowest BCUT2D eigenvalue weighted by molar-refractivity contribution is 0.465. The first-order chi connectivity index (χ1) is 10.6. The Morgan fingerprint density at radius 1 is 1.09 bits per heavy atom. The van der Waals surface area contributed by atoms with Crippen LogP contribution in [0.15, 0.2) is 51.1 Å². The number of benzene rings is 1. The first-order valence-corrected chi connectivity index (χ1v) is 7.43. The van der Waals surface area contributed by atoms with Gasteiger partial charge >= 0.3 is 0 Å². The number of aromatic nitrogens is 3. The van der Waals surface area contributed by atoms with Crippen molar-refractivity contribution in [3.05, 3.63) is 53.2 Å². The van der Waals surface area contributed by atoms with E-state index in [1.807, 2.05) is 32.0 Å². The zero-order valence-electron chi connectivity index (χ0n) is 12.1. The van der Waals surface area contributed by atoms with Gasteiger partial charge in [0.1, 0.15) is 16.8 Å². The standard InChI is InChI=1S/C16H12N4OS/c1-10-6-11(2)8-12(7-10)15-19-20-16(21-15)22-14-5-3-4-13(9-17)18-14/h3-8H,1-2H3. The number of aryl methyl sites for hydroxylation is 2. The summed E-state index contributed by atoms with van der Waals surface area (Å²) >= 11 is 1.24. The topological polar surface area (TPSA) is 75.6 Å². The van der Waals surface area contributed by atoms with Gasteiger partial charge in [0.05, 0.1) is 0 Å². The second-order valence-electron chi connectivity index (χ2n) is 4.82. The lowest BCUT2D eigenvalue weighted by atomic mass is 10.1. The number of hydrogen-bond donors (Lipinski definition) is 0. The molecule has 1 aromatic carbocycles. The molecule has 5 nitrogen and oxygen atoms in total. The molecule has 2 heterocycles. The van der Waals surface area contributed by atoms with Gasteiger partial charge in [-0.2, -0.15) is 5.26 Å². The Morgan fingerprint density at radius 2 is 1.86 bits per heavy atom. The lowest BCUT2D eigenvalue weighted by Gasteiger charge is -2.00. The Hall–Kier alpha value is -2.65. The van der Waals surface area contributed by atoms with Crippen molar-refractivity contribution in [3.63, 3.8) is 0 Å². The van der Waals surface area contributed by atoms with Crippen LogP contribution in [0.4, 0.5) is 0 Å². The van der Waals surface area contributed by atoms with Gasteiger partial charge in [0.25, 0.3) is 5.22 Å². The van der Waals surface area contributed by atoms with Crippen molar-refractivity contribution in [2.45, 2.75) is 24.1 Å². The Kier molecular flexibility index (Phi) is 3.90. The molecule has 108 valence electrons. The Balaban J connectivity index is 1.86. The number of nitrogens with zero attached hydrogens (tertiary/aromatic N) is 4. The molecule has 0 fully saturated rings. The summed E-state index contributed by atoms with van der Waals surface area (Å²) < 4.78 is 5.67. The molecule has 0 saturated heterocycles. The van der Waals surface area contributed by atoms with Crippen LogP contribution in [0.3, 0.4) is 0 Å². The maximum Gasteiger partial charge on any atom is 0.283 e. The third-order valence-electron chi connectivity index (χ3n) is 2.91. The molecule has 0 spiro atoms. The third kappa shape index (κ3) is 3.15. The molecule has 0 bridgehead atoms. The van der Waals surface area contributed by atoms with Crippen molar-refractivity contribution in [1.29, 1.82) is 5.26 Å². The highest BCUT2D eigenvalue weighted by molar-refractivity contribution is 7.99. The fourth-order valence-corrected chi connectivity index (χ4v) is 2.76. The minimum absolute atomic E-state index is 0.360. The van der Waals surface area contributed by atoms with E-state index in [2.05, 4.69) is 21.2 Å². The fourth-order valence-electron chi connectivity index (χ4n) is 2.09. The summed E-state index contributed by atoms with van der Waals surface area (Å²) in [6, 6.07) is 13.3.